The van der Waals surface area contributed by atoms with Gasteiger partial charge in [-0.15, -0.1) is 11.3 Å². The van der Waals surface area contributed by atoms with Gasteiger partial charge in [0.25, 0.3) is 11.5 Å². The quantitative estimate of drug-likeness (QED) is 0.563. The van der Waals surface area contributed by atoms with E-state index in [0.29, 0.717) is 34.1 Å². The molecule has 164 valence electrons. The summed E-state index contributed by atoms with van der Waals surface area (Å²) in [7, 11) is 0. The third-order valence-corrected chi connectivity index (χ3v) is 6.03. The number of hydrogen-bond donors (Lipinski definition) is 1. The van der Waals surface area contributed by atoms with Gasteiger partial charge in [0.15, 0.2) is 0 Å². The standard InChI is InChI=1S/C22H24ClN3O4S/c1-22(2,3)21(30)26-14(6-7-15-8-9-18(23)31-15)13-17(24-26)16-5-4-11-25(20(16)29)12-10-19(27)28/h4-5,8-9,11,13H,6-7,10,12H2,1-3H3,(H,27,28). The van der Waals surface area contributed by atoms with Crippen molar-refractivity contribution >= 4 is 34.8 Å². The minimum atomic E-state index is -0.978. The normalized spacial score (nSPS) is 11.6. The Labute approximate surface area is 188 Å². The van der Waals surface area contributed by atoms with E-state index in [1.165, 1.54) is 20.6 Å². The smallest absolute Gasteiger partial charge is 0.305 e. The number of halogens is 1. The predicted octanol–water partition coefficient (Wildman–Crippen LogP) is 4.37. The van der Waals surface area contributed by atoms with Crippen LogP contribution in [-0.4, -0.2) is 31.3 Å². The number of carboxylic acids is 1. The Morgan fingerprint density at radius 1 is 1.19 bits per heavy atom. The van der Waals surface area contributed by atoms with Gasteiger partial charge in [-0.25, -0.2) is 4.68 Å². The molecule has 7 nitrogen and oxygen atoms in total. The van der Waals surface area contributed by atoms with Gasteiger partial charge in [-0.2, -0.15) is 5.10 Å². The van der Waals surface area contributed by atoms with Crippen molar-refractivity contribution in [3.63, 3.8) is 0 Å². The lowest BCUT2D eigenvalue weighted by Crippen LogP contribution is -2.29. The van der Waals surface area contributed by atoms with Crippen molar-refractivity contribution in [2.75, 3.05) is 0 Å². The third kappa shape index (κ3) is 5.51. The monoisotopic (exact) mass is 461 g/mol. The largest absolute Gasteiger partial charge is 0.481 e. The Hall–Kier alpha value is -2.71. The van der Waals surface area contributed by atoms with Crippen molar-refractivity contribution < 1.29 is 14.7 Å². The Morgan fingerprint density at radius 3 is 2.55 bits per heavy atom. The molecule has 0 saturated carbocycles. The van der Waals surface area contributed by atoms with E-state index in [4.69, 9.17) is 16.7 Å². The first-order chi connectivity index (χ1) is 14.6. The number of carboxylic acid groups (broad SMARTS) is 1. The molecule has 9 heteroatoms. The highest BCUT2D eigenvalue weighted by molar-refractivity contribution is 7.16. The molecular weight excluding hydrogens is 438 g/mol. The number of pyridine rings is 1. The van der Waals surface area contributed by atoms with E-state index in [2.05, 4.69) is 5.10 Å². The van der Waals surface area contributed by atoms with Crippen molar-refractivity contribution in [2.45, 2.75) is 46.6 Å². The minimum absolute atomic E-state index is 0.0651. The second-order valence-electron chi connectivity index (χ2n) is 8.26. The van der Waals surface area contributed by atoms with Crippen molar-refractivity contribution in [1.82, 2.24) is 14.3 Å². The number of thiophene rings is 1. The number of aryl methyl sites for hydroxylation is 3. The van der Waals surface area contributed by atoms with E-state index < -0.39 is 11.4 Å². The fourth-order valence-electron chi connectivity index (χ4n) is 3.08. The molecular formula is C22H24ClN3O4S. The summed E-state index contributed by atoms with van der Waals surface area (Å²) < 4.78 is 3.45. The number of carbonyl (C=O) groups excluding carboxylic acids is 1. The van der Waals surface area contributed by atoms with Crippen LogP contribution in [0.15, 0.2) is 41.3 Å². The van der Waals surface area contributed by atoms with Crippen LogP contribution in [0.3, 0.4) is 0 Å². The lowest BCUT2D eigenvalue weighted by molar-refractivity contribution is -0.137. The van der Waals surface area contributed by atoms with E-state index in [1.807, 2.05) is 32.9 Å². The Bertz CT molecular complexity index is 1170. The van der Waals surface area contributed by atoms with Gasteiger partial charge < -0.3 is 9.67 Å². The molecule has 3 aromatic rings. The van der Waals surface area contributed by atoms with Gasteiger partial charge in [0.05, 0.1) is 22.0 Å². The molecule has 0 aliphatic heterocycles. The first-order valence-corrected chi connectivity index (χ1v) is 11.1. The summed E-state index contributed by atoms with van der Waals surface area (Å²) in [5.41, 5.74) is 0.441. The highest BCUT2D eigenvalue weighted by Crippen LogP contribution is 2.25. The fraction of sp³-hybridized carbons (Fsp3) is 0.364. The average molecular weight is 462 g/mol. The Morgan fingerprint density at radius 2 is 1.94 bits per heavy atom. The first-order valence-electron chi connectivity index (χ1n) is 9.86. The van der Waals surface area contributed by atoms with Gasteiger partial charge in [0.2, 0.25) is 0 Å². The van der Waals surface area contributed by atoms with Gasteiger partial charge >= 0.3 is 5.97 Å². The second kappa shape index (κ2) is 9.20. The van der Waals surface area contributed by atoms with Crippen LogP contribution in [-0.2, 0) is 24.2 Å². The fourth-order valence-corrected chi connectivity index (χ4v) is 4.17. The van der Waals surface area contributed by atoms with Gasteiger partial charge in [-0.05, 0) is 43.2 Å². The van der Waals surface area contributed by atoms with Gasteiger partial charge in [0.1, 0.15) is 0 Å². The molecule has 0 unspecified atom stereocenters. The predicted molar refractivity (Wildman–Crippen MR) is 121 cm³/mol. The molecule has 0 radical (unpaired) electrons. The summed E-state index contributed by atoms with van der Waals surface area (Å²) in [5, 5.41) is 13.4. The molecule has 0 atom stereocenters. The average Bonchev–Trinajstić information content (AvgIpc) is 3.30. The van der Waals surface area contributed by atoms with Crippen LogP contribution in [0, 0.1) is 5.41 Å². The molecule has 31 heavy (non-hydrogen) atoms. The van der Waals surface area contributed by atoms with Crippen molar-refractivity contribution in [2.24, 2.45) is 5.41 Å². The number of hydrogen-bond acceptors (Lipinski definition) is 5. The number of nitrogens with zero attached hydrogens (tertiary/aromatic N) is 3. The van der Waals surface area contributed by atoms with Crippen LogP contribution < -0.4 is 5.56 Å². The summed E-state index contributed by atoms with van der Waals surface area (Å²) in [6.45, 7) is 5.53. The van der Waals surface area contributed by atoms with Crippen LogP contribution in [0.4, 0.5) is 0 Å². The van der Waals surface area contributed by atoms with Crippen LogP contribution >= 0.6 is 22.9 Å². The molecule has 3 heterocycles. The van der Waals surface area contributed by atoms with Gasteiger partial charge in [-0.3, -0.25) is 14.4 Å². The van der Waals surface area contributed by atoms with Gasteiger partial charge in [-0.1, -0.05) is 32.4 Å². The molecule has 0 aliphatic carbocycles. The molecule has 0 spiro atoms. The minimum Gasteiger partial charge on any atom is -0.481 e. The molecule has 0 amide bonds. The molecule has 1 N–H and O–H groups in total. The zero-order chi connectivity index (χ0) is 22.8. The molecule has 0 saturated heterocycles. The Balaban J connectivity index is 1.98. The summed E-state index contributed by atoms with van der Waals surface area (Å²) in [5.74, 6) is -1.14. The van der Waals surface area contributed by atoms with E-state index in [0.717, 1.165) is 4.88 Å². The topological polar surface area (TPSA) is 94.2 Å². The maximum absolute atomic E-state index is 13.0. The molecule has 3 aromatic heterocycles. The second-order valence-corrected chi connectivity index (χ2v) is 10.1. The van der Waals surface area contributed by atoms with Crippen LogP contribution in [0.25, 0.3) is 11.3 Å². The van der Waals surface area contributed by atoms with E-state index in [1.54, 1.807) is 24.4 Å². The highest BCUT2D eigenvalue weighted by atomic mass is 35.5. The summed E-state index contributed by atoms with van der Waals surface area (Å²) in [6.07, 6.45) is 2.64. The van der Waals surface area contributed by atoms with Crippen molar-refractivity contribution in [1.29, 1.82) is 0 Å². The summed E-state index contributed by atoms with van der Waals surface area (Å²) in [4.78, 5) is 37.8. The summed E-state index contributed by atoms with van der Waals surface area (Å²) in [6, 6.07) is 8.87. The number of carbonyl (C=O) groups is 2. The van der Waals surface area contributed by atoms with E-state index >= 15 is 0 Å². The zero-order valence-corrected chi connectivity index (χ0v) is 19.2. The van der Waals surface area contributed by atoms with Crippen LogP contribution in [0.1, 0.15) is 42.6 Å². The first kappa shape index (κ1) is 23.0. The molecule has 0 bridgehead atoms. The zero-order valence-electron chi connectivity index (χ0n) is 17.6. The lowest BCUT2D eigenvalue weighted by atomic mass is 9.95. The van der Waals surface area contributed by atoms with Crippen LogP contribution in [0.5, 0.6) is 0 Å². The molecule has 0 aliphatic rings. The number of rotatable bonds is 7. The third-order valence-electron chi connectivity index (χ3n) is 4.74. The van der Waals surface area contributed by atoms with Crippen molar-refractivity contribution in [3.8, 4) is 11.3 Å². The SMILES string of the molecule is CC(C)(C)C(=O)n1nc(-c2cccn(CCC(=O)O)c2=O)cc1CCc1ccc(Cl)s1. The number of aromatic nitrogens is 3. The van der Waals surface area contributed by atoms with Crippen LogP contribution in [0.2, 0.25) is 4.34 Å². The lowest BCUT2D eigenvalue weighted by Gasteiger charge is -2.17. The Kier molecular flexibility index (Phi) is 6.81. The van der Waals surface area contributed by atoms with E-state index in [-0.39, 0.29) is 24.4 Å². The molecule has 0 aromatic carbocycles. The maximum atomic E-state index is 13.0. The van der Waals surface area contributed by atoms with Gasteiger partial charge in [0, 0.05) is 28.7 Å². The highest BCUT2D eigenvalue weighted by Gasteiger charge is 2.27. The maximum Gasteiger partial charge on any atom is 0.305 e. The van der Waals surface area contributed by atoms with E-state index in [9.17, 15) is 14.4 Å². The molecule has 0 fully saturated rings. The molecule has 3 rings (SSSR count). The summed E-state index contributed by atoms with van der Waals surface area (Å²) >= 11 is 7.51. The number of aliphatic carboxylic acids is 1. The van der Waals surface area contributed by atoms with Crippen molar-refractivity contribution in [3.05, 3.63) is 61.8 Å².